The Morgan fingerprint density at radius 2 is 2.14 bits per heavy atom. The maximum absolute atomic E-state index is 13.8. The Bertz CT molecular complexity index is 1290. The molecule has 8 heteroatoms. The van der Waals surface area contributed by atoms with Crippen LogP contribution in [0, 0.1) is 34.5 Å². The van der Waals surface area contributed by atoms with Gasteiger partial charge in [-0.3, -0.25) is 9.59 Å². The van der Waals surface area contributed by atoms with E-state index in [1.165, 1.54) is 11.8 Å². The predicted octanol–water partition coefficient (Wildman–Crippen LogP) is 3.87. The van der Waals surface area contributed by atoms with Crippen LogP contribution in [0.5, 0.6) is 0 Å². The van der Waals surface area contributed by atoms with E-state index in [9.17, 15) is 19.8 Å². The van der Waals surface area contributed by atoms with E-state index < -0.39 is 17.1 Å². The zero-order valence-electron chi connectivity index (χ0n) is 20.9. The maximum atomic E-state index is 13.8. The Balaban J connectivity index is 1.28. The SMILES string of the molecule is C[C@@H]1CC2C3CCC4=CC(=O)C=CC4(C)C3[C@@H](O)CC2(C)[C@@]1(O)C(=O)CSc1nc2ncccc2[nH]1. The van der Waals surface area contributed by atoms with Gasteiger partial charge in [0.1, 0.15) is 5.60 Å². The van der Waals surface area contributed by atoms with Crippen LogP contribution in [0.15, 0.2) is 47.3 Å². The number of aromatic amines is 1. The number of nitrogens with one attached hydrogen (secondary N) is 1. The van der Waals surface area contributed by atoms with Gasteiger partial charge in [-0.1, -0.05) is 44.2 Å². The second-order valence-electron chi connectivity index (χ2n) is 11.7. The van der Waals surface area contributed by atoms with E-state index in [4.69, 9.17) is 0 Å². The van der Waals surface area contributed by atoms with E-state index in [1.54, 1.807) is 18.3 Å². The summed E-state index contributed by atoms with van der Waals surface area (Å²) in [7, 11) is 0. The van der Waals surface area contributed by atoms with Gasteiger partial charge in [0, 0.05) is 22.9 Å². The van der Waals surface area contributed by atoms with Gasteiger partial charge in [-0.25, -0.2) is 9.97 Å². The number of aromatic nitrogens is 3. The van der Waals surface area contributed by atoms with Gasteiger partial charge in [-0.05, 0) is 67.7 Å². The molecule has 0 amide bonds. The topological polar surface area (TPSA) is 116 Å². The number of Topliss-reactive ketones (excluding diaryl/α,β-unsaturated/α-hetero) is 1. The molecule has 4 aliphatic carbocycles. The molecule has 3 N–H and O–H groups in total. The van der Waals surface area contributed by atoms with Gasteiger partial charge in [-0.15, -0.1) is 0 Å². The summed E-state index contributed by atoms with van der Waals surface area (Å²) in [5.74, 6) is -0.0169. The Kier molecular flexibility index (Phi) is 5.42. The first-order valence-corrected chi connectivity index (χ1v) is 13.9. The number of allylic oxidation sites excluding steroid dienone is 4. The van der Waals surface area contributed by atoms with Crippen LogP contribution in [0.25, 0.3) is 11.2 Å². The molecule has 190 valence electrons. The third-order valence-corrected chi connectivity index (χ3v) is 11.0. The minimum atomic E-state index is -1.52. The van der Waals surface area contributed by atoms with E-state index in [-0.39, 0.29) is 46.4 Å². The molecule has 0 aliphatic heterocycles. The Hall–Kier alpha value is -2.29. The van der Waals surface area contributed by atoms with Crippen LogP contribution >= 0.6 is 11.8 Å². The number of carbonyl (C=O) groups is 2. The molecule has 0 saturated heterocycles. The van der Waals surface area contributed by atoms with Crippen molar-refractivity contribution in [3.05, 3.63) is 42.1 Å². The van der Waals surface area contributed by atoms with Crippen LogP contribution in [0.4, 0.5) is 0 Å². The molecule has 5 unspecified atom stereocenters. The molecule has 4 aliphatic rings. The van der Waals surface area contributed by atoms with Crippen molar-refractivity contribution < 1.29 is 19.8 Å². The summed E-state index contributed by atoms with van der Waals surface area (Å²) < 4.78 is 0. The van der Waals surface area contributed by atoms with Crippen LogP contribution in [0.2, 0.25) is 0 Å². The van der Waals surface area contributed by atoms with Crippen molar-refractivity contribution in [2.24, 2.45) is 34.5 Å². The standard InChI is InChI=1S/C28H33N3O4S/c1-15-11-19-18-7-6-16-12-17(32)8-9-26(16,2)23(18)21(33)13-27(19,3)28(15,35)22(34)14-36-25-30-20-5-4-10-29-24(20)31-25/h4-5,8-10,12,15,18-19,21,23,33,35H,6-7,11,13-14H2,1-3H3,(H,29,30,31)/t15-,18?,19?,21+,23?,26?,27?,28+/m1/s1. The first-order valence-electron chi connectivity index (χ1n) is 12.9. The van der Waals surface area contributed by atoms with Gasteiger partial charge in [0.2, 0.25) is 0 Å². The molecule has 3 saturated carbocycles. The highest BCUT2D eigenvalue weighted by Gasteiger charge is 2.70. The summed E-state index contributed by atoms with van der Waals surface area (Å²) >= 11 is 1.29. The van der Waals surface area contributed by atoms with E-state index in [0.29, 0.717) is 17.2 Å². The highest BCUT2D eigenvalue weighted by atomic mass is 32.2. The average molecular weight is 508 g/mol. The minimum Gasteiger partial charge on any atom is -0.393 e. The monoisotopic (exact) mass is 507 g/mol. The van der Waals surface area contributed by atoms with E-state index in [1.807, 2.05) is 32.1 Å². The highest BCUT2D eigenvalue weighted by molar-refractivity contribution is 7.99. The van der Waals surface area contributed by atoms with Crippen LogP contribution < -0.4 is 0 Å². The third-order valence-electron chi connectivity index (χ3n) is 10.1. The summed E-state index contributed by atoms with van der Waals surface area (Å²) in [4.78, 5) is 37.7. The van der Waals surface area contributed by atoms with Gasteiger partial charge in [0.15, 0.2) is 22.4 Å². The second kappa shape index (κ2) is 8.10. The van der Waals surface area contributed by atoms with Crippen molar-refractivity contribution in [3.63, 3.8) is 0 Å². The number of aliphatic hydroxyl groups excluding tert-OH is 1. The van der Waals surface area contributed by atoms with Gasteiger partial charge >= 0.3 is 0 Å². The molecule has 0 bridgehead atoms. The number of rotatable bonds is 4. The van der Waals surface area contributed by atoms with Gasteiger partial charge in [-0.2, -0.15) is 0 Å². The number of H-pyrrole nitrogens is 1. The second-order valence-corrected chi connectivity index (χ2v) is 12.7. The zero-order chi connectivity index (χ0) is 25.5. The molecular formula is C28H33N3O4S. The summed E-state index contributed by atoms with van der Waals surface area (Å²) in [6.07, 6.45) is 9.18. The summed E-state index contributed by atoms with van der Waals surface area (Å²) in [5.41, 5.74) is -0.0789. The van der Waals surface area contributed by atoms with Crippen LogP contribution in [0.3, 0.4) is 0 Å². The van der Waals surface area contributed by atoms with Crippen molar-refractivity contribution in [2.75, 3.05) is 5.75 Å². The van der Waals surface area contributed by atoms with Crippen molar-refractivity contribution >= 4 is 34.5 Å². The lowest BCUT2D eigenvalue weighted by Crippen LogP contribution is -2.62. The summed E-state index contributed by atoms with van der Waals surface area (Å²) in [6, 6.07) is 3.72. The molecule has 36 heavy (non-hydrogen) atoms. The molecule has 2 aromatic heterocycles. The minimum absolute atomic E-state index is 0.0169. The van der Waals surface area contributed by atoms with Crippen molar-refractivity contribution in [1.82, 2.24) is 15.0 Å². The van der Waals surface area contributed by atoms with Gasteiger partial charge in [0.25, 0.3) is 0 Å². The van der Waals surface area contributed by atoms with Gasteiger partial charge in [0.05, 0.1) is 17.4 Å². The van der Waals surface area contributed by atoms with Crippen molar-refractivity contribution in [3.8, 4) is 0 Å². The number of hydrogen-bond donors (Lipinski definition) is 3. The zero-order valence-corrected chi connectivity index (χ0v) is 21.7. The van der Waals surface area contributed by atoms with Crippen LogP contribution in [-0.4, -0.2) is 54.2 Å². The normalized spacial score (nSPS) is 41.5. The largest absolute Gasteiger partial charge is 0.393 e. The molecule has 8 atom stereocenters. The smallest absolute Gasteiger partial charge is 0.178 e. The quantitative estimate of drug-likeness (QED) is 0.538. The number of hydrogen-bond acceptors (Lipinski definition) is 7. The lowest BCUT2D eigenvalue weighted by Gasteiger charge is -2.59. The Morgan fingerprint density at radius 3 is 2.92 bits per heavy atom. The van der Waals surface area contributed by atoms with Crippen molar-refractivity contribution in [2.45, 2.75) is 63.3 Å². The number of thioether (sulfide) groups is 1. The third kappa shape index (κ3) is 3.20. The molecule has 0 radical (unpaired) electrons. The van der Waals surface area contributed by atoms with Crippen LogP contribution in [-0.2, 0) is 9.59 Å². The number of ketones is 2. The molecule has 0 spiro atoms. The number of imidazole rings is 1. The van der Waals surface area contributed by atoms with E-state index >= 15 is 0 Å². The Labute approximate surface area is 214 Å². The lowest BCUT2D eigenvalue weighted by atomic mass is 9.46. The molecule has 2 aromatic rings. The molecular weight excluding hydrogens is 474 g/mol. The highest BCUT2D eigenvalue weighted by Crippen LogP contribution is 2.68. The fraction of sp³-hybridized carbons (Fsp3) is 0.571. The first-order chi connectivity index (χ1) is 17.1. The molecule has 6 rings (SSSR count). The number of fused-ring (bicyclic) bond motifs is 6. The van der Waals surface area contributed by atoms with E-state index in [2.05, 4.69) is 21.9 Å². The number of nitrogens with zero attached hydrogens (tertiary/aromatic N) is 2. The summed E-state index contributed by atoms with van der Waals surface area (Å²) in [5, 5.41) is 24.3. The molecule has 3 fully saturated rings. The average Bonchev–Trinajstić information content (AvgIpc) is 3.35. The molecule has 0 aromatic carbocycles. The fourth-order valence-corrected chi connectivity index (χ4v) is 9.21. The number of carbonyl (C=O) groups excluding carboxylic acids is 2. The van der Waals surface area contributed by atoms with Crippen LogP contribution in [0.1, 0.15) is 46.5 Å². The van der Waals surface area contributed by atoms with Gasteiger partial charge < -0.3 is 15.2 Å². The predicted molar refractivity (Wildman–Crippen MR) is 137 cm³/mol. The summed E-state index contributed by atoms with van der Waals surface area (Å²) in [6.45, 7) is 6.13. The molecule has 2 heterocycles. The van der Waals surface area contributed by atoms with E-state index in [0.717, 1.165) is 30.4 Å². The number of pyridine rings is 1. The Morgan fingerprint density at radius 1 is 1.33 bits per heavy atom. The fourth-order valence-electron chi connectivity index (χ4n) is 8.39. The molecule has 7 nitrogen and oxygen atoms in total. The van der Waals surface area contributed by atoms with Crippen molar-refractivity contribution in [1.29, 1.82) is 0 Å². The number of aliphatic hydroxyl groups is 2. The maximum Gasteiger partial charge on any atom is 0.178 e. The first kappa shape index (κ1) is 24.1. The lowest BCUT2D eigenvalue weighted by molar-refractivity contribution is -0.179.